The van der Waals surface area contributed by atoms with Crippen LogP contribution < -0.4 is 5.56 Å². The van der Waals surface area contributed by atoms with Gasteiger partial charge in [0.05, 0.1) is 10.9 Å². The molecule has 0 aliphatic heterocycles. The van der Waals surface area contributed by atoms with Gasteiger partial charge in [-0.2, -0.15) is 4.98 Å². The SMILES string of the molecule is O=c1nc2c(-c3nnc(-c4ccccc4)o3)n[nH]n2c2ccccc12. The minimum atomic E-state index is -0.332. The van der Waals surface area contributed by atoms with Gasteiger partial charge in [-0.15, -0.1) is 15.3 Å². The molecule has 1 N–H and O–H groups in total. The Balaban J connectivity index is 1.72. The van der Waals surface area contributed by atoms with Crippen molar-refractivity contribution >= 4 is 16.6 Å². The second kappa shape index (κ2) is 5.10. The molecule has 0 saturated heterocycles. The molecule has 0 atom stereocenters. The normalized spacial score (nSPS) is 11.4. The van der Waals surface area contributed by atoms with Gasteiger partial charge >= 0.3 is 0 Å². The molecule has 5 aromatic rings. The molecule has 2 aromatic carbocycles. The van der Waals surface area contributed by atoms with E-state index in [1.807, 2.05) is 42.5 Å². The van der Waals surface area contributed by atoms with Gasteiger partial charge in [0.1, 0.15) is 0 Å². The molecule has 0 radical (unpaired) electrons. The van der Waals surface area contributed by atoms with E-state index in [1.165, 1.54) is 0 Å². The van der Waals surface area contributed by atoms with Crippen molar-refractivity contribution in [1.82, 2.24) is 30.0 Å². The van der Waals surface area contributed by atoms with Crippen LogP contribution in [0.4, 0.5) is 0 Å². The molecule has 0 spiro atoms. The average molecular weight is 330 g/mol. The maximum absolute atomic E-state index is 12.3. The Morgan fingerprint density at radius 1 is 0.920 bits per heavy atom. The summed E-state index contributed by atoms with van der Waals surface area (Å²) in [5.74, 6) is 0.569. The number of benzene rings is 2. The lowest BCUT2D eigenvalue weighted by atomic mass is 10.2. The van der Waals surface area contributed by atoms with Crippen LogP contribution in [0.3, 0.4) is 0 Å². The lowest BCUT2D eigenvalue weighted by Gasteiger charge is -1.99. The highest BCUT2D eigenvalue weighted by Gasteiger charge is 2.19. The maximum Gasteiger partial charge on any atom is 0.281 e. The molecule has 8 heteroatoms. The first-order valence-corrected chi connectivity index (χ1v) is 7.56. The van der Waals surface area contributed by atoms with Gasteiger partial charge in [0.25, 0.3) is 11.4 Å². The zero-order chi connectivity index (χ0) is 16.8. The first-order chi connectivity index (χ1) is 12.3. The van der Waals surface area contributed by atoms with E-state index < -0.39 is 0 Å². The predicted molar refractivity (Wildman–Crippen MR) is 89.8 cm³/mol. The van der Waals surface area contributed by atoms with Gasteiger partial charge in [-0.1, -0.05) is 30.3 Å². The number of nitrogens with zero attached hydrogens (tertiary/aromatic N) is 5. The van der Waals surface area contributed by atoms with Gasteiger partial charge in [-0.3, -0.25) is 4.79 Å². The molecule has 0 bridgehead atoms. The van der Waals surface area contributed by atoms with E-state index in [1.54, 1.807) is 16.6 Å². The zero-order valence-corrected chi connectivity index (χ0v) is 12.7. The molecule has 0 aliphatic carbocycles. The number of hydrogen-bond acceptors (Lipinski definition) is 6. The van der Waals surface area contributed by atoms with E-state index >= 15 is 0 Å². The maximum atomic E-state index is 12.3. The van der Waals surface area contributed by atoms with E-state index in [-0.39, 0.29) is 11.4 Å². The second-order valence-electron chi connectivity index (χ2n) is 5.43. The van der Waals surface area contributed by atoms with E-state index in [0.29, 0.717) is 28.1 Å². The molecule has 8 nitrogen and oxygen atoms in total. The first-order valence-electron chi connectivity index (χ1n) is 7.56. The highest BCUT2D eigenvalue weighted by molar-refractivity contribution is 5.82. The predicted octanol–water partition coefficient (Wildman–Crippen LogP) is 2.29. The molecule has 0 saturated carbocycles. The summed E-state index contributed by atoms with van der Waals surface area (Å²) in [5, 5.41) is 15.6. The molecule has 5 rings (SSSR count). The minimum Gasteiger partial charge on any atom is -0.414 e. The second-order valence-corrected chi connectivity index (χ2v) is 5.43. The molecule has 0 aliphatic rings. The number of aromatic nitrogens is 6. The van der Waals surface area contributed by atoms with Crippen LogP contribution in [0.15, 0.2) is 63.8 Å². The largest absolute Gasteiger partial charge is 0.414 e. The van der Waals surface area contributed by atoms with Crippen molar-refractivity contribution in [3.8, 4) is 23.0 Å². The highest BCUT2D eigenvalue weighted by atomic mass is 16.4. The number of hydrogen-bond donors (Lipinski definition) is 1. The van der Waals surface area contributed by atoms with Gasteiger partial charge in [0.15, 0.2) is 11.3 Å². The van der Waals surface area contributed by atoms with Crippen molar-refractivity contribution in [1.29, 1.82) is 0 Å². The van der Waals surface area contributed by atoms with Gasteiger partial charge in [-0.25, -0.2) is 9.73 Å². The molecule has 0 unspecified atom stereocenters. The van der Waals surface area contributed by atoms with Crippen molar-refractivity contribution in [3.05, 3.63) is 65.0 Å². The van der Waals surface area contributed by atoms with Crippen LogP contribution in [0.1, 0.15) is 0 Å². The summed E-state index contributed by atoms with van der Waals surface area (Å²) in [5.41, 5.74) is 1.82. The Labute approximate surface area is 139 Å². The van der Waals surface area contributed by atoms with Crippen molar-refractivity contribution in [2.75, 3.05) is 0 Å². The Hall–Kier alpha value is -3.81. The molecule has 0 amide bonds. The third-order valence-electron chi connectivity index (χ3n) is 3.92. The summed E-state index contributed by atoms with van der Waals surface area (Å²) in [4.78, 5) is 16.4. The van der Waals surface area contributed by atoms with Crippen LogP contribution in [0.25, 0.3) is 39.6 Å². The molecular weight excluding hydrogens is 320 g/mol. The van der Waals surface area contributed by atoms with Crippen molar-refractivity contribution in [2.24, 2.45) is 0 Å². The summed E-state index contributed by atoms with van der Waals surface area (Å²) in [7, 11) is 0. The number of rotatable bonds is 2. The molecular formula is C17H10N6O2. The van der Waals surface area contributed by atoms with E-state index in [9.17, 15) is 4.79 Å². The van der Waals surface area contributed by atoms with Crippen LogP contribution >= 0.6 is 0 Å². The summed E-state index contributed by atoms with van der Waals surface area (Å²) in [6.07, 6.45) is 0. The summed E-state index contributed by atoms with van der Waals surface area (Å²) >= 11 is 0. The van der Waals surface area contributed by atoms with Crippen LogP contribution in [0.5, 0.6) is 0 Å². The standard InChI is InChI=1S/C17H10N6O2/c24-15-11-8-4-5-9-12(11)23-14(18-15)13(19-22-23)17-21-20-16(25-17)10-6-2-1-3-7-10/h1-9,22H. The van der Waals surface area contributed by atoms with E-state index in [4.69, 9.17) is 4.42 Å². The Kier molecular flexibility index (Phi) is 2.78. The van der Waals surface area contributed by atoms with Crippen molar-refractivity contribution < 1.29 is 4.42 Å². The van der Waals surface area contributed by atoms with Crippen molar-refractivity contribution in [3.63, 3.8) is 0 Å². The zero-order valence-electron chi connectivity index (χ0n) is 12.7. The molecule has 3 heterocycles. The topological polar surface area (TPSA) is 102 Å². The van der Waals surface area contributed by atoms with Crippen LogP contribution in [-0.4, -0.2) is 30.0 Å². The van der Waals surface area contributed by atoms with Gasteiger partial charge < -0.3 is 4.42 Å². The fourth-order valence-electron chi connectivity index (χ4n) is 2.74. The number of fused-ring (bicyclic) bond motifs is 3. The average Bonchev–Trinajstić information content (AvgIpc) is 3.29. The monoisotopic (exact) mass is 330 g/mol. The molecule has 0 fully saturated rings. The Bertz CT molecular complexity index is 1270. The van der Waals surface area contributed by atoms with E-state index in [2.05, 4.69) is 25.5 Å². The minimum absolute atomic E-state index is 0.194. The number of aromatic amines is 1. The Morgan fingerprint density at radius 2 is 1.68 bits per heavy atom. The quantitative estimate of drug-likeness (QED) is 0.533. The lowest BCUT2D eigenvalue weighted by Crippen LogP contribution is -2.10. The molecule has 120 valence electrons. The third-order valence-corrected chi connectivity index (χ3v) is 3.92. The lowest BCUT2D eigenvalue weighted by molar-refractivity contribution is 0.582. The molecule has 3 aromatic heterocycles. The van der Waals surface area contributed by atoms with Gasteiger partial charge in [0, 0.05) is 5.56 Å². The third kappa shape index (κ3) is 2.04. The van der Waals surface area contributed by atoms with Crippen LogP contribution in [0, 0.1) is 0 Å². The fourth-order valence-corrected chi connectivity index (χ4v) is 2.74. The fraction of sp³-hybridized carbons (Fsp3) is 0. The first kappa shape index (κ1) is 13.6. The van der Waals surface area contributed by atoms with Gasteiger partial charge in [0.2, 0.25) is 5.89 Å². The van der Waals surface area contributed by atoms with Crippen LogP contribution in [0.2, 0.25) is 0 Å². The van der Waals surface area contributed by atoms with E-state index in [0.717, 1.165) is 5.56 Å². The van der Waals surface area contributed by atoms with Gasteiger partial charge in [-0.05, 0) is 24.3 Å². The summed E-state index contributed by atoms with van der Waals surface area (Å²) in [6.45, 7) is 0. The summed E-state index contributed by atoms with van der Waals surface area (Å²) < 4.78 is 7.34. The number of nitrogens with one attached hydrogen (secondary N) is 1. The van der Waals surface area contributed by atoms with Crippen molar-refractivity contribution in [2.45, 2.75) is 0 Å². The smallest absolute Gasteiger partial charge is 0.281 e. The number of para-hydroxylation sites is 1. The Morgan fingerprint density at radius 3 is 2.56 bits per heavy atom. The highest BCUT2D eigenvalue weighted by Crippen LogP contribution is 2.25. The van der Waals surface area contributed by atoms with Crippen LogP contribution in [-0.2, 0) is 0 Å². The molecule has 25 heavy (non-hydrogen) atoms. The summed E-state index contributed by atoms with van der Waals surface area (Å²) in [6, 6.07) is 16.6. The number of H-pyrrole nitrogens is 1.